The first-order valence-corrected chi connectivity index (χ1v) is 11.4. The fourth-order valence-corrected chi connectivity index (χ4v) is 3.76. The van der Waals surface area contributed by atoms with Gasteiger partial charge in [0, 0.05) is 30.9 Å². The van der Waals surface area contributed by atoms with Gasteiger partial charge in [0.2, 0.25) is 5.89 Å². The monoisotopic (exact) mass is 514 g/mol. The van der Waals surface area contributed by atoms with Crippen LogP contribution in [-0.2, 0) is 16.8 Å². The van der Waals surface area contributed by atoms with Crippen molar-refractivity contribution in [3.05, 3.63) is 65.3 Å². The van der Waals surface area contributed by atoms with Crippen molar-refractivity contribution in [3.63, 3.8) is 0 Å². The molecule has 1 saturated carbocycles. The summed E-state index contributed by atoms with van der Waals surface area (Å²) in [5.41, 5.74) is 0.0606. The van der Waals surface area contributed by atoms with Crippen LogP contribution < -0.4 is 10.1 Å². The summed E-state index contributed by atoms with van der Waals surface area (Å²) < 4.78 is 35.7. The molecule has 1 aromatic carbocycles. The largest absolute Gasteiger partial charge is 0.481 e. The minimum atomic E-state index is -3.10. The number of alkyl halides is 2. The van der Waals surface area contributed by atoms with Crippen molar-refractivity contribution in [2.75, 3.05) is 13.6 Å². The SMILES string of the molecule is CCN(C)C(=O)c1ccc(C(=O)NCc2coc(-c3ccc(OC(F)F)c(C4(C(=O)O)CC4)c3)n2)nc1. The molecular formula is C25H24F2N4O6. The summed E-state index contributed by atoms with van der Waals surface area (Å²) in [7, 11) is 1.66. The van der Waals surface area contributed by atoms with Crippen molar-refractivity contribution in [1.82, 2.24) is 20.2 Å². The first kappa shape index (κ1) is 25.7. The van der Waals surface area contributed by atoms with Gasteiger partial charge in [-0.1, -0.05) is 0 Å². The second-order valence-electron chi connectivity index (χ2n) is 8.55. The maximum atomic E-state index is 12.9. The van der Waals surface area contributed by atoms with Crippen LogP contribution in [0.2, 0.25) is 0 Å². The summed E-state index contributed by atoms with van der Waals surface area (Å²) in [6, 6.07) is 7.10. The molecule has 0 aliphatic heterocycles. The van der Waals surface area contributed by atoms with Crippen molar-refractivity contribution < 1.29 is 37.4 Å². The molecule has 0 saturated heterocycles. The van der Waals surface area contributed by atoms with Crippen LogP contribution in [0.25, 0.3) is 11.5 Å². The minimum absolute atomic E-state index is 0.00175. The lowest BCUT2D eigenvalue weighted by molar-refractivity contribution is -0.140. The van der Waals surface area contributed by atoms with Gasteiger partial charge in [-0.2, -0.15) is 8.78 Å². The minimum Gasteiger partial charge on any atom is -0.481 e. The van der Waals surface area contributed by atoms with Gasteiger partial charge in [0.25, 0.3) is 11.8 Å². The van der Waals surface area contributed by atoms with E-state index in [1.54, 1.807) is 7.05 Å². The van der Waals surface area contributed by atoms with Crippen LogP contribution in [0.4, 0.5) is 8.78 Å². The van der Waals surface area contributed by atoms with Crippen LogP contribution in [0, 0.1) is 0 Å². The van der Waals surface area contributed by atoms with Gasteiger partial charge in [0.05, 0.1) is 23.2 Å². The Kier molecular flexibility index (Phi) is 7.18. The van der Waals surface area contributed by atoms with E-state index in [0.29, 0.717) is 36.2 Å². The Labute approximate surface area is 210 Å². The lowest BCUT2D eigenvalue weighted by Crippen LogP contribution is -2.27. The molecule has 2 N–H and O–H groups in total. The number of oxazole rings is 1. The Morgan fingerprint density at radius 2 is 2.00 bits per heavy atom. The third-order valence-corrected chi connectivity index (χ3v) is 6.16. The van der Waals surface area contributed by atoms with Crippen LogP contribution in [0.3, 0.4) is 0 Å². The molecule has 194 valence electrons. The number of rotatable bonds is 10. The van der Waals surface area contributed by atoms with E-state index in [1.165, 1.54) is 47.7 Å². The van der Waals surface area contributed by atoms with Gasteiger partial charge >= 0.3 is 12.6 Å². The number of amides is 2. The number of halogens is 2. The third kappa shape index (κ3) is 5.42. The maximum Gasteiger partial charge on any atom is 0.387 e. The highest BCUT2D eigenvalue weighted by molar-refractivity contribution is 5.96. The molecule has 0 unspecified atom stereocenters. The smallest absolute Gasteiger partial charge is 0.387 e. The summed E-state index contributed by atoms with van der Waals surface area (Å²) in [5, 5.41) is 12.3. The Bertz CT molecular complexity index is 1320. The number of hydrogen-bond donors (Lipinski definition) is 2. The molecule has 3 aromatic rings. The predicted octanol–water partition coefficient (Wildman–Crippen LogP) is 3.48. The number of nitrogens with one attached hydrogen (secondary N) is 1. The van der Waals surface area contributed by atoms with Crippen molar-refractivity contribution in [2.24, 2.45) is 0 Å². The molecule has 0 radical (unpaired) electrons. The number of aliphatic carboxylic acids is 1. The average Bonchev–Trinajstić information content (AvgIpc) is 3.57. The lowest BCUT2D eigenvalue weighted by Gasteiger charge is -2.16. The number of aromatic nitrogens is 2. The Hall–Kier alpha value is -4.35. The zero-order valence-electron chi connectivity index (χ0n) is 20.0. The molecule has 1 aliphatic carbocycles. The van der Waals surface area contributed by atoms with E-state index in [1.807, 2.05) is 6.92 Å². The van der Waals surface area contributed by atoms with E-state index in [0.717, 1.165) is 0 Å². The Morgan fingerprint density at radius 3 is 2.59 bits per heavy atom. The fraction of sp³-hybridized carbons (Fsp3) is 0.320. The standard InChI is InChI=1S/C25H24F2N4O6/c1-3-31(2)22(33)15-4-6-18(28-11-15)20(32)29-12-16-13-36-21(30-16)14-5-7-19(37-24(26)27)17(10-14)25(8-9-25)23(34)35/h4-7,10-11,13,24H,3,8-9,12H2,1-2H3,(H,29,32)(H,34,35). The van der Waals surface area contributed by atoms with Gasteiger partial charge in [-0.25, -0.2) is 4.98 Å². The van der Waals surface area contributed by atoms with Gasteiger partial charge in [0.15, 0.2) is 0 Å². The van der Waals surface area contributed by atoms with Crippen molar-refractivity contribution in [1.29, 1.82) is 0 Å². The van der Waals surface area contributed by atoms with E-state index in [9.17, 15) is 28.3 Å². The normalized spacial score (nSPS) is 13.8. The van der Waals surface area contributed by atoms with Gasteiger partial charge in [-0.05, 0) is 50.1 Å². The molecule has 12 heteroatoms. The molecule has 10 nitrogen and oxygen atoms in total. The van der Waals surface area contributed by atoms with E-state index >= 15 is 0 Å². The third-order valence-electron chi connectivity index (χ3n) is 6.16. The predicted molar refractivity (Wildman–Crippen MR) is 125 cm³/mol. The number of carbonyl (C=O) groups excluding carboxylic acids is 2. The van der Waals surface area contributed by atoms with Gasteiger partial charge in [-0.15, -0.1) is 0 Å². The summed E-state index contributed by atoms with van der Waals surface area (Å²) in [6.07, 6.45) is 3.25. The van der Waals surface area contributed by atoms with Gasteiger partial charge in [0.1, 0.15) is 17.7 Å². The number of ether oxygens (including phenoxy) is 1. The highest BCUT2D eigenvalue weighted by atomic mass is 19.3. The first-order valence-electron chi connectivity index (χ1n) is 11.4. The molecule has 0 spiro atoms. The second-order valence-corrected chi connectivity index (χ2v) is 8.55. The molecule has 4 rings (SSSR count). The highest BCUT2D eigenvalue weighted by Crippen LogP contribution is 2.52. The van der Waals surface area contributed by atoms with E-state index in [-0.39, 0.29) is 35.3 Å². The number of carboxylic acid groups (broad SMARTS) is 1. The van der Waals surface area contributed by atoms with Gasteiger partial charge < -0.3 is 24.5 Å². The number of benzene rings is 1. The molecule has 2 aromatic heterocycles. The molecule has 2 heterocycles. The van der Waals surface area contributed by atoms with Crippen molar-refractivity contribution in [2.45, 2.75) is 38.3 Å². The maximum absolute atomic E-state index is 12.9. The number of carbonyl (C=O) groups is 3. The second kappa shape index (κ2) is 10.3. The zero-order chi connectivity index (χ0) is 26.7. The summed E-state index contributed by atoms with van der Waals surface area (Å²) in [5.74, 6) is -1.90. The quantitative estimate of drug-likeness (QED) is 0.420. The van der Waals surface area contributed by atoms with Crippen LogP contribution >= 0.6 is 0 Å². The lowest BCUT2D eigenvalue weighted by atomic mass is 9.93. The number of nitrogens with zero attached hydrogens (tertiary/aromatic N) is 3. The Balaban J connectivity index is 1.45. The van der Waals surface area contributed by atoms with Crippen LogP contribution in [-0.4, -0.2) is 58.0 Å². The summed E-state index contributed by atoms with van der Waals surface area (Å²) in [4.78, 5) is 46.3. The van der Waals surface area contributed by atoms with Gasteiger partial charge in [-0.3, -0.25) is 19.4 Å². The molecule has 2 amide bonds. The first-order chi connectivity index (χ1) is 17.6. The topological polar surface area (TPSA) is 135 Å². The van der Waals surface area contributed by atoms with Crippen molar-refractivity contribution >= 4 is 17.8 Å². The van der Waals surface area contributed by atoms with Crippen LogP contribution in [0.15, 0.2) is 47.2 Å². The summed E-state index contributed by atoms with van der Waals surface area (Å²) in [6.45, 7) is -0.717. The fourth-order valence-electron chi connectivity index (χ4n) is 3.76. The average molecular weight is 514 g/mol. The van der Waals surface area contributed by atoms with E-state index in [4.69, 9.17) is 4.42 Å². The molecule has 37 heavy (non-hydrogen) atoms. The highest BCUT2D eigenvalue weighted by Gasteiger charge is 2.53. The summed E-state index contributed by atoms with van der Waals surface area (Å²) >= 11 is 0. The van der Waals surface area contributed by atoms with Crippen LogP contribution in [0.5, 0.6) is 5.75 Å². The van der Waals surface area contributed by atoms with Crippen LogP contribution in [0.1, 0.15) is 51.9 Å². The molecule has 0 atom stereocenters. The number of hydrogen-bond acceptors (Lipinski definition) is 7. The number of carboxylic acids is 1. The zero-order valence-corrected chi connectivity index (χ0v) is 20.0. The molecule has 1 fully saturated rings. The molecular weight excluding hydrogens is 490 g/mol. The Morgan fingerprint density at radius 1 is 1.24 bits per heavy atom. The molecule has 1 aliphatic rings. The van der Waals surface area contributed by atoms with E-state index in [2.05, 4.69) is 20.0 Å². The number of pyridine rings is 1. The van der Waals surface area contributed by atoms with E-state index < -0.39 is 23.9 Å². The van der Waals surface area contributed by atoms with Crippen molar-refractivity contribution in [3.8, 4) is 17.2 Å². The molecule has 0 bridgehead atoms.